The van der Waals surface area contributed by atoms with Crippen LogP contribution in [0.15, 0.2) is 55.0 Å². The Morgan fingerprint density at radius 1 is 1.23 bits per heavy atom. The maximum Gasteiger partial charge on any atom is 0.331 e. The van der Waals surface area contributed by atoms with Crippen molar-refractivity contribution in [2.75, 3.05) is 0 Å². The van der Waals surface area contributed by atoms with Crippen LogP contribution in [0.3, 0.4) is 0 Å². The molecule has 2 atom stereocenters. The van der Waals surface area contributed by atoms with E-state index in [1.54, 1.807) is 12.4 Å². The highest BCUT2D eigenvalue weighted by Gasteiger charge is 2.17. The van der Waals surface area contributed by atoms with Gasteiger partial charge in [0.25, 0.3) is 0 Å². The summed E-state index contributed by atoms with van der Waals surface area (Å²) in [6.07, 6.45) is 12.4. The van der Waals surface area contributed by atoms with Crippen molar-refractivity contribution >= 4 is 12.0 Å². The van der Waals surface area contributed by atoms with E-state index in [0.29, 0.717) is 25.7 Å². The van der Waals surface area contributed by atoms with Gasteiger partial charge in [0.05, 0.1) is 18.1 Å². The molecule has 1 aromatic heterocycles. The first-order chi connectivity index (χ1) is 12.6. The molecule has 2 unspecified atom stereocenters. The number of esters is 1. The zero-order valence-electron chi connectivity index (χ0n) is 14.9. The number of aromatic nitrogens is 2. The van der Waals surface area contributed by atoms with E-state index in [9.17, 15) is 9.90 Å². The molecule has 0 bridgehead atoms. The maximum atomic E-state index is 12.2. The molecule has 5 heteroatoms. The second kappa shape index (κ2) is 8.63. The number of hydrogen-bond acceptors (Lipinski definition) is 4. The van der Waals surface area contributed by atoms with Crippen molar-refractivity contribution in [3.8, 4) is 0 Å². The molecule has 3 rings (SSSR count). The van der Waals surface area contributed by atoms with E-state index >= 15 is 0 Å². The molecule has 0 amide bonds. The Kier molecular flexibility index (Phi) is 6.02. The molecule has 1 N–H and O–H groups in total. The number of hydrogen-bond donors (Lipinski definition) is 1. The van der Waals surface area contributed by atoms with E-state index in [1.165, 1.54) is 6.08 Å². The highest BCUT2D eigenvalue weighted by molar-refractivity contribution is 5.86. The minimum absolute atomic E-state index is 0.233. The number of ether oxygens (including phenoxy) is 1. The predicted molar refractivity (Wildman–Crippen MR) is 100 cm³/mol. The summed E-state index contributed by atoms with van der Waals surface area (Å²) in [4.78, 5) is 16.4. The van der Waals surface area contributed by atoms with Crippen molar-refractivity contribution in [1.82, 2.24) is 9.55 Å². The number of rotatable bonds is 3. The molecule has 0 radical (unpaired) electrons. The van der Waals surface area contributed by atoms with Crippen LogP contribution in [-0.4, -0.2) is 32.8 Å². The van der Waals surface area contributed by atoms with Gasteiger partial charge in [-0.2, -0.15) is 0 Å². The van der Waals surface area contributed by atoms with Crippen LogP contribution in [-0.2, 0) is 29.4 Å². The van der Waals surface area contributed by atoms with Crippen LogP contribution in [0.2, 0.25) is 0 Å². The van der Waals surface area contributed by atoms with Gasteiger partial charge in [-0.25, -0.2) is 9.78 Å². The standard InChI is InChI=1S/C21H24N2O3/c1-23-14-18(22-15-23)10-11-21(25)26-20-9-5-4-8-19(24)12-16-6-2-3-7-17(16)13-20/h2-7,10-11,14-15,19-20,24H,8-9,12-13H2,1H3/b5-4?,11-10+. The van der Waals surface area contributed by atoms with Crippen molar-refractivity contribution in [2.24, 2.45) is 7.05 Å². The van der Waals surface area contributed by atoms with Crippen LogP contribution >= 0.6 is 0 Å². The summed E-state index contributed by atoms with van der Waals surface area (Å²) in [6.45, 7) is 0. The largest absolute Gasteiger partial charge is 0.459 e. The van der Waals surface area contributed by atoms with E-state index in [-0.39, 0.29) is 18.2 Å². The predicted octanol–water partition coefficient (Wildman–Crippen LogP) is 2.84. The number of aryl methyl sites for hydroxylation is 1. The topological polar surface area (TPSA) is 64.4 Å². The fraction of sp³-hybridized carbons (Fsp3) is 0.333. The van der Waals surface area contributed by atoms with Crippen molar-refractivity contribution < 1.29 is 14.6 Å². The minimum Gasteiger partial charge on any atom is -0.459 e. The molecule has 0 spiro atoms. The summed E-state index contributed by atoms with van der Waals surface area (Å²) >= 11 is 0. The second-order valence-electron chi connectivity index (χ2n) is 6.63. The second-order valence-corrected chi connectivity index (χ2v) is 6.63. The van der Waals surface area contributed by atoms with Crippen molar-refractivity contribution in [1.29, 1.82) is 0 Å². The molecule has 0 fully saturated rings. The van der Waals surface area contributed by atoms with Crippen molar-refractivity contribution in [2.45, 2.75) is 37.9 Å². The van der Waals surface area contributed by atoms with Crippen LogP contribution in [0.25, 0.3) is 6.08 Å². The molecule has 136 valence electrons. The Morgan fingerprint density at radius 2 is 1.96 bits per heavy atom. The average Bonchev–Trinajstić information content (AvgIpc) is 3.04. The molecule has 26 heavy (non-hydrogen) atoms. The van der Waals surface area contributed by atoms with Gasteiger partial charge in [-0.1, -0.05) is 36.4 Å². The number of aliphatic hydroxyl groups is 1. The van der Waals surface area contributed by atoms with Gasteiger partial charge < -0.3 is 14.4 Å². The summed E-state index contributed by atoms with van der Waals surface area (Å²) in [5.41, 5.74) is 2.95. The zero-order valence-corrected chi connectivity index (χ0v) is 14.9. The molecular weight excluding hydrogens is 328 g/mol. The van der Waals surface area contributed by atoms with Gasteiger partial charge in [0.1, 0.15) is 6.10 Å². The summed E-state index contributed by atoms with van der Waals surface area (Å²) < 4.78 is 7.48. The quantitative estimate of drug-likeness (QED) is 0.524. The van der Waals surface area contributed by atoms with E-state index < -0.39 is 0 Å². The van der Waals surface area contributed by atoms with Crippen LogP contribution < -0.4 is 0 Å². The Balaban J connectivity index is 1.69. The summed E-state index contributed by atoms with van der Waals surface area (Å²) in [6, 6.07) is 8.03. The van der Waals surface area contributed by atoms with Gasteiger partial charge in [-0.15, -0.1) is 0 Å². The molecule has 2 aromatic rings. The van der Waals surface area contributed by atoms with Gasteiger partial charge >= 0.3 is 5.97 Å². The van der Waals surface area contributed by atoms with Gasteiger partial charge in [0.15, 0.2) is 0 Å². The molecule has 1 aliphatic carbocycles. The molecular formula is C21H24N2O3. The Bertz CT molecular complexity index is 807. The highest BCUT2D eigenvalue weighted by Crippen LogP contribution is 2.19. The van der Waals surface area contributed by atoms with Gasteiger partial charge in [0, 0.05) is 32.2 Å². The third-order valence-corrected chi connectivity index (χ3v) is 4.39. The van der Waals surface area contributed by atoms with Crippen LogP contribution in [0.5, 0.6) is 0 Å². The van der Waals surface area contributed by atoms with E-state index in [4.69, 9.17) is 4.74 Å². The lowest BCUT2D eigenvalue weighted by Gasteiger charge is -2.20. The van der Waals surface area contributed by atoms with E-state index in [0.717, 1.165) is 16.8 Å². The molecule has 0 saturated heterocycles. The third kappa shape index (κ3) is 5.17. The first-order valence-corrected chi connectivity index (χ1v) is 8.86. The Hall–Kier alpha value is -2.66. The minimum atomic E-state index is -0.382. The summed E-state index contributed by atoms with van der Waals surface area (Å²) in [5.74, 6) is -0.372. The lowest BCUT2D eigenvalue weighted by molar-refractivity contribution is -0.142. The lowest BCUT2D eigenvalue weighted by atomic mass is 9.94. The SMILES string of the molecule is Cn1cnc(/C=C/C(=O)OC2CC=CCC(O)Cc3ccccc3C2)c1. The van der Waals surface area contributed by atoms with Gasteiger partial charge in [0.2, 0.25) is 0 Å². The summed E-state index contributed by atoms with van der Waals surface area (Å²) in [5, 5.41) is 10.1. The monoisotopic (exact) mass is 352 g/mol. The average molecular weight is 352 g/mol. The number of fused-ring (bicyclic) bond motifs is 1. The van der Waals surface area contributed by atoms with Crippen LogP contribution in [0.1, 0.15) is 29.7 Å². The zero-order chi connectivity index (χ0) is 18.4. The number of carbonyl (C=O) groups excluding carboxylic acids is 1. The van der Waals surface area contributed by atoms with Crippen LogP contribution in [0, 0.1) is 0 Å². The normalized spacial score (nSPS) is 20.7. The van der Waals surface area contributed by atoms with E-state index in [1.807, 2.05) is 54.2 Å². The molecule has 0 saturated carbocycles. The lowest BCUT2D eigenvalue weighted by Crippen LogP contribution is -2.21. The fourth-order valence-electron chi connectivity index (χ4n) is 3.09. The molecule has 1 heterocycles. The number of carbonyl (C=O) groups is 1. The van der Waals surface area contributed by atoms with Gasteiger partial charge in [-0.05, 0) is 30.0 Å². The van der Waals surface area contributed by atoms with Crippen molar-refractivity contribution in [3.05, 3.63) is 71.8 Å². The van der Waals surface area contributed by atoms with Gasteiger partial charge in [-0.3, -0.25) is 0 Å². The maximum absolute atomic E-state index is 12.2. The number of benzene rings is 1. The van der Waals surface area contributed by atoms with Crippen LogP contribution in [0.4, 0.5) is 0 Å². The third-order valence-electron chi connectivity index (χ3n) is 4.39. The Labute approximate surface area is 153 Å². The first-order valence-electron chi connectivity index (χ1n) is 8.86. The molecule has 5 nitrogen and oxygen atoms in total. The number of nitrogens with zero attached hydrogens (tertiary/aromatic N) is 2. The fourth-order valence-corrected chi connectivity index (χ4v) is 3.09. The molecule has 1 aromatic carbocycles. The van der Waals surface area contributed by atoms with E-state index in [2.05, 4.69) is 4.98 Å². The number of imidazole rings is 1. The molecule has 0 aliphatic heterocycles. The Morgan fingerprint density at radius 3 is 2.69 bits per heavy atom. The first kappa shape index (κ1) is 18.1. The van der Waals surface area contributed by atoms with Crippen molar-refractivity contribution in [3.63, 3.8) is 0 Å². The smallest absolute Gasteiger partial charge is 0.331 e. The summed E-state index contributed by atoms with van der Waals surface area (Å²) in [7, 11) is 1.88. The molecule has 1 aliphatic rings. The highest BCUT2D eigenvalue weighted by atomic mass is 16.5. The number of aliphatic hydroxyl groups excluding tert-OH is 1.